The van der Waals surface area contributed by atoms with E-state index in [1.807, 2.05) is 43.3 Å². The van der Waals surface area contributed by atoms with E-state index >= 15 is 0 Å². The summed E-state index contributed by atoms with van der Waals surface area (Å²) in [5.74, 6) is -1.45. The Labute approximate surface area is 186 Å². The van der Waals surface area contributed by atoms with Crippen molar-refractivity contribution < 1.29 is 19.8 Å². The Morgan fingerprint density at radius 1 is 1.16 bits per heavy atom. The quantitative estimate of drug-likeness (QED) is 0.387. The molecule has 1 unspecified atom stereocenters. The van der Waals surface area contributed by atoms with Gasteiger partial charge in [0.25, 0.3) is 5.91 Å². The fourth-order valence-corrected chi connectivity index (χ4v) is 3.78. The minimum atomic E-state index is -1.18. The average molecular weight is 437 g/mol. The van der Waals surface area contributed by atoms with Gasteiger partial charge in [0, 0.05) is 12.6 Å². The number of carboxylic acid groups (broad SMARTS) is 1. The first-order valence-electron chi connectivity index (χ1n) is 10.5. The third-order valence-corrected chi connectivity index (χ3v) is 5.65. The number of hydrogen-bond acceptors (Lipinski definition) is 5. The maximum atomic E-state index is 12.6. The summed E-state index contributed by atoms with van der Waals surface area (Å²) in [6.07, 6.45) is 2.07. The third kappa shape index (κ3) is 5.79. The van der Waals surface area contributed by atoms with Crippen molar-refractivity contribution in [1.82, 2.24) is 20.7 Å². The zero-order chi connectivity index (χ0) is 23.1. The number of aromatic nitrogens is 3. The first-order valence-corrected chi connectivity index (χ1v) is 10.5. The number of aliphatic hydroxyl groups excluding tert-OH is 1. The molecule has 1 heterocycles. The predicted molar refractivity (Wildman–Crippen MR) is 120 cm³/mol. The molecule has 0 saturated heterocycles. The number of nitrogens with one attached hydrogen (secondary N) is 2. The predicted octanol–water partition coefficient (Wildman–Crippen LogP) is 2.98. The molecule has 8 nitrogen and oxygen atoms in total. The van der Waals surface area contributed by atoms with Crippen molar-refractivity contribution in [2.75, 3.05) is 6.61 Å². The van der Waals surface area contributed by atoms with E-state index in [0.29, 0.717) is 6.42 Å². The SMILES string of the molecule is Cc1cccc(-c2ccc(C[C@H](CC(C)(CCO)C(=O)O)NC(=O)c3c[nH]nn3)cc2)c1. The van der Waals surface area contributed by atoms with Gasteiger partial charge in [0.1, 0.15) is 0 Å². The summed E-state index contributed by atoms with van der Waals surface area (Å²) < 4.78 is 0. The van der Waals surface area contributed by atoms with Gasteiger partial charge in [-0.3, -0.25) is 14.7 Å². The van der Waals surface area contributed by atoms with Crippen molar-refractivity contribution in [2.45, 2.75) is 39.2 Å². The zero-order valence-corrected chi connectivity index (χ0v) is 18.2. The van der Waals surface area contributed by atoms with E-state index in [9.17, 15) is 19.8 Å². The van der Waals surface area contributed by atoms with Gasteiger partial charge in [-0.05, 0) is 49.8 Å². The summed E-state index contributed by atoms with van der Waals surface area (Å²) in [5.41, 5.74) is 3.29. The molecule has 0 aliphatic rings. The van der Waals surface area contributed by atoms with Gasteiger partial charge in [-0.25, -0.2) is 0 Å². The number of H-pyrrole nitrogens is 1. The van der Waals surface area contributed by atoms with Crippen LogP contribution in [-0.2, 0) is 11.2 Å². The fourth-order valence-electron chi connectivity index (χ4n) is 3.78. The molecule has 1 aromatic heterocycles. The van der Waals surface area contributed by atoms with E-state index in [0.717, 1.165) is 16.7 Å². The number of aromatic amines is 1. The molecule has 0 aliphatic heterocycles. The number of rotatable bonds is 10. The smallest absolute Gasteiger partial charge is 0.309 e. The summed E-state index contributed by atoms with van der Waals surface area (Å²) in [7, 11) is 0. The molecule has 3 aromatic rings. The van der Waals surface area contributed by atoms with Crippen LogP contribution in [0.25, 0.3) is 11.1 Å². The van der Waals surface area contributed by atoms with Crippen LogP contribution in [0.5, 0.6) is 0 Å². The van der Waals surface area contributed by atoms with Crippen molar-refractivity contribution in [3.63, 3.8) is 0 Å². The molecule has 2 aromatic carbocycles. The highest BCUT2D eigenvalue weighted by Gasteiger charge is 2.36. The Kier molecular flexibility index (Phi) is 7.37. The molecule has 32 heavy (non-hydrogen) atoms. The summed E-state index contributed by atoms with van der Waals surface area (Å²) in [6.45, 7) is 3.38. The van der Waals surface area contributed by atoms with Gasteiger partial charge in [-0.2, -0.15) is 0 Å². The molecule has 1 amide bonds. The van der Waals surface area contributed by atoms with E-state index in [1.54, 1.807) is 6.92 Å². The minimum Gasteiger partial charge on any atom is -0.481 e. The maximum absolute atomic E-state index is 12.6. The van der Waals surface area contributed by atoms with Gasteiger partial charge in [-0.1, -0.05) is 59.3 Å². The first kappa shape index (κ1) is 23.1. The molecule has 2 atom stereocenters. The van der Waals surface area contributed by atoms with Gasteiger partial charge in [-0.15, -0.1) is 5.10 Å². The summed E-state index contributed by atoms with van der Waals surface area (Å²) in [6, 6.07) is 15.8. The van der Waals surface area contributed by atoms with Crippen LogP contribution in [0.2, 0.25) is 0 Å². The number of nitrogens with zero attached hydrogens (tertiary/aromatic N) is 2. The normalized spacial score (nSPS) is 13.8. The van der Waals surface area contributed by atoms with E-state index < -0.39 is 23.3 Å². The van der Waals surface area contributed by atoms with Gasteiger partial charge in [0.15, 0.2) is 5.69 Å². The lowest BCUT2D eigenvalue weighted by molar-refractivity contribution is -0.149. The number of aliphatic carboxylic acids is 1. The molecule has 8 heteroatoms. The van der Waals surface area contributed by atoms with Gasteiger partial charge in [0.2, 0.25) is 0 Å². The molecule has 0 radical (unpaired) electrons. The highest BCUT2D eigenvalue weighted by atomic mass is 16.4. The number of carboxylic acids is 1. The second-order valence-electron chi connectivity index (χ2n) is 8.34. The second kappa shape index (κ2) is 10.2. The molecule has 0 aliphatic carbocycles. The van der Waals surface area contributed by atoms with Crippen LogP contribution in [0.15, 0.2) is 54.7 Å². The summed E-state index contributed by atoms with van der Waals surface area (Å²) in [5, 5.41) is 31.8. The van der Waals surface area contributed by atoms with Crippen molar-refractivity contribution in [3.8, 4) is 11.1 Å². The number of benzene rings is 2. The molecule has 0 spiro atoms. The van der Waals surface area contributed by atoms with Crippen LogP contribution in [-0.4, -0.2) is 50.1 Å². The molecule has 0 fully saturated rings. The fraction of sp³-hybridized carbons (Fsp3) is 0.333. The molecule has 3 rings (SSSR count). The van der Waals surface area contributed by atoms with Crippen molar-refractivity contribution in [3.05, 3.63) is 71.5 Å². The standard InChI is InChI=1S/C24H28N4O4/c1-16-4-3-5-19(12-16)18-8-6-17(7-9-18)13-20(14-24(2,10-11-29)23(31)32)26-22(30)21-15-25-28-27-21/h3-9,12,15,20,29H,10-11,13-14H2,1-2H3,(H,26,30)(H,31,32)(H,25,27,28)/t20-,24?/m1/s1. The second-order valence-corrected chi connectivity index (χ2v) is 8.34. The number of aliphatic hydroxyl groups is 1. The van der Waals surface area contributed by atoms with Gasteiger partial charge < -0.3 is 15.5 Å². The molecular formula is C24H28N4O4. The topological polar surface area (TPSA) is 128 Å². The van der Waals surface area contributed by atoms with Crippen LogP contribution in [0, 0.1) is 12.3 Å². The Hall–Kier alpha value is -3.52. The number of carbonyl (C=O) groups is 2. The summed E-state index contributed by atoms with van der Waals surface area (Å²) >= 11 is 0. The highest BCUT2D eigenvalue weighted by Crippen LogP contribution is 2.29. The van der Waals surface area contributed by atoms with Gasteiger partial charge >= 0.3 is 5.97 Å². The van der Waals surface area contributed by atoms with Crippen molar-refractivity contribution in [1.29, 1.82) is 0 Å². The van der Waals surface area contributed by atoms with Gasteiger partial charge in [0.05, 0.1) is 11.6 Å². The number of amides is 1. The van der Waals surface area contributed by atoms with Crippen LogP contribution in [0.4, 0.5) is 0 Å². The number of carbonyl (C=O) groups excluding carboxylic acids is 1. The Balaban J connectivity index is 1.81. The lowest BCUT2D eigenvalue weighted by atomic mass is 9.79. The molecular weight excluding hydrogens is 408 g/mol. The van der Waals surface area contributed by atoms with Crippen molar-refractivity contribution in [2.24, 2.45) is 5.41 Å². The van der Waals surface area contributed by atoms with Crippen molar-refractivity contribution >= 4 is 11.9 Å². The Morgan fingerprint density at radius 3 is 2.50 bits per heavy atom. The summed E-state index contributed by atoms with van der Waals surface area (Å²) in [4.78, 5) is 24.5. The number of hydrogen-bond donors (Lipinski definition) is 4. The highest BCUT2D eigenvalue weighted by molar-refractivity contribution is 5.92. The minimum absolute atomic E-state index is 0.0883. The Bertz CT molecular complexity index is 1050. The molecule has 4 N–H and O–H groups in total. The van der Waals surface area contributed by atoms with E-state index in [-0.39, 0.29) is 25.1 Å². The monoisotopic (exact) mass is 436 g/mol. The lowest BCUT2D eigenvalue weighted by Crippen LogP contribution is -2.43. The van der Waals surface area contributed by atoms with Crippen LogP contribution in [0.1, 0.15) is 41.4 Å². The average Bonchev–Trinajstić information content (AvgIpc) is 3.29. The van der Waals surface area contributed by atoms with E-state index in [1.165, 1.54) is 11.8 Å². The van der Waals surface area contributed by atoms with Crippen LogP contribution < -0.4 is 5.32 Å². The number of aryl methyl sites for hydroxylation is 1. The maximum Gasteiger partial charge on any atom is 0.309 e. The molecule has 0 saturated carbocycles. The van der Waals surface area contributed by atoms with E-state index in [4.69, 9.17) is 0 Å². The van der Waals surface area contributed by atoms with Crippen LogP contribution in [0.3, 0.4) is 0 Å². The molecule has 168 valence electrons. The van der Waals surface area contributed by atoms with E-state index in [2.05, 4.69) is 32.9 Å². The Morgan fingerprint density at radius 2 is 1.91 bits per heavy atom. The third-order valence-electron chi connectivity index (χ3n) is 5.65. The first-order chi connectivity index (χ1) is 15.3. The van der Waals surface area contributed by atoms with Crippen LogP contribution >= 0.6 is 0 Å². The largest absolute Gasteiger partial charge is 0.481 e. The lowest BCUT2D eigenvalue weighted by Gasteiger charge is -2.29. The zero-order valence-electron chi connectivity index (χ0n) is 18.2. The molecule has 0 bridgehead atoms.